The third-order valence-electron chi connectivity index (χ3n) is 3.87. The number of benzene rings is 1. The number of nitriles is 1. The zero-order valence-corrected chi connectivity index (χ0v) is 14.7. The van der Waals surface area contributed by atoms with Crippen molar-refractivity contribution in [3.05, 3.63) is 45.1 Å². The van der Waals surface area contributed by atoms with Gasteiger partial charge in [-0.25, -0.2) is 0 Å². The van der Waals surface area contributed by atoms with Crippen LogP contribution in [0.25, 0.3) is 0 Å². The molecule has 1 aromatic carbocycles. The molecule has 0 unspecified atom stereocenters. The number of aromatic amines is 1. The van der Waals surface area contributed by atoms with Gasteiger partial charge in [0.2, 0.25) is 0 Å². The summed E-state index contributed by atoms with van der Waals surface area (Å²) in [5.41, 5.74) is 3.43. The molecule has 0 saturated carbocycles. The molecular formula is C17H20ClN5O. The molecule has 2 aromatic rings. The van der Waals surface area contributed by atoms with Crippen LogP contribution in [0.3, 0.4) is 0 Å². The van der Waals surface area contributed by atoms with Gasteiger partial charge in [-0.05, 0) is 63.5 Å². The molecule has 1 aromatic heterocycles. The molecule has 1 heterocycles. The Morgan fingerprint density at radius 3 is 2.75 bits per heavy atom. The van der Waals surface area contributed by atoms with Gasteiger partial charge < -0.3 is 10.6 Å². The van der Waals surface area contributed by atoms with Gasteiger partial charge >= 0.3 is 0 Å². The summed E-state index contributed by atoms with van der Waals surface area (Å²) >= 11 is 6.16. The molecule has 0 fully saturated rings. The molecule has 1 amide bonds. The second-order valence-corrected chi connectivity index (χ2v) is 6.02. The highest BCUT2D eigenvalue weighted by atomic mass is 35.5. The summed E-state index contributed by atoms with van der Waals surface area (Å²) in [6, 6.07) is 5.59. The molecular weight excluding hydrogens is 326 g/mol. The standard InChI is InChI=1S/C17H20ClN5O/c1-10-7-12(14(18)8-11(10)2)17(24)21-16-13(9-19)15(22-23-16)5-4-6-20-3/h7-8,20H,4-6H2,1-3H3,(H2,21,22,23,24). The van der Waals surface area contributed by atoms with E-state index in [1.165, 1.54) is 0 Å². The minimum atomic E-state index is -0.382. The van der Waals surface area contributed by atoms with Crippen molar-refractivity contribution in [1.82, 2.24) is 15.5 Å². The highest BCUT2D eigenvalue weighted by Crippen LogP contribution is 2.23. The summed E-state index contributed by atoms with van der Waals surface area (Å²) in [4.78, 5) is 12.5. The molecule has 126 valence electrons. The summed E-state index contributed by atoms with van der Waals surface area (Å²) < 4.78 is 0. The van der Waals surface area contributed by atoms with Gasteiger partial charge in [0.15, 0.2) is 5.82 Å². The zero-order chi connectivity index (χ0) is 17.7. The number of hydrogen-bond donors (Lipinski definition) is 3. The number of hydrogen-bond acceptors (Lipinski definition) is 4. The molecule has 3 N–H and O–H groups in total. The van der Waals surface area contributed by atoms with E-state index in [0.717, 1.165) is 24.1 Å². The lowest BCUT2D eigenvalue weighted by atomic mass is 10.1. The third-order valence-corrected chi connectivity index (χ3v) is 4.18. The van der Waals surface area contributed by atoms with Crippen LogP contribution < -0.4 is 10.6 Å². The van der Waals surface area contributed by atoms with Gasteiger partial charge in [0.1, 0.15) is 11.6 Å². The van der Waals surface area contributed by atoms with Crippen LogP contribution in [0, 0.1) is 25.2 Å². The summed E-state index contributed by atoms with van der Waals surface area (Å²) in [5, 5.41) is 22.3. The second kappa shape index (κ2) is 7.95. The van der Waals surface area contributed by atoms with Gasteiger partial charge in [0.05, 0.1) is 16.3 Å². The van der Waals surface area contributed by atoms with Crippen molar-refractivity contribution in [3.8, 4) is 6.07 Å². The minimum Gasteiger partial charge on any atom is -0.320 e. The van der Waals surface area contributed by atoms with E-state index in [2.05, 4.69) is 26.9 Å². The van der Waals surface area contributed by atoms with Gasteiger partial charge in [0, 0.05) is 0 Å². The topological polar surface area (TPSA) is 93.6 Å². The van der Waals surface area contributed by atoms with Gasteiger partial charge in [-0.3, -0.25) is 9.89 Å². The molecule has 0 aliphatic rings. The third kappa shape index (κ3) is 3.94. The van der Waals surface area contributed by atoms with Gasteiger partial charge in [-0.2, -0.15) is 10.4 Å². The number of halogens is 1. The monoisotopic (exact) mass is 345 g/mol. The molecule has 0 aliphatic carbocycles. The Morgan fingerprint density at radius 2 is 2.08 bits per heavy atom. The van der Waals surface area contributed by atoms with Crippen LogP contribution in [0.4, 0.5) is 5.82 Å². The van der Waals surface area contributed by atoms with E-state index in [1.807, 2.05) is 20.9 Å². The fourth-order valence-corrected chi connectivity index (χ4v) is 2.65. The molecule has 0 atom stereocenters. The maximum Gasteiger partial charge on any atom is 0.258 e. The summed E-state index contributed by atoms with van der Waals surface area (Å²) in [5.74, 6) is -0.149. The Labute approximate surface area is 146 Å². The van der Waals surface area contributed by atoms with E-state index < -0.39 is 0 Å². The molecule has 0 radical (unpaired) electrons. The minimum absolute atomic E-state index is 0.233. The van der Waals surface area contributed by atoms with Crippen LogP contribution in [0.1, 0.15) is 39.2 Å². The van der Waals surface area contributed by atoms with Crippen LogP contribution >= 0.6 is 11.6 Å². The van der Waals surface area contributed by atoms with Crippen molar-refractivity contribution in [1.29, 1.82) is 5.26 Å². The van der Waals surface area contributed by atoms with Gasteiger partial charge in [0.25, 0.3) is 5.91 Å². The number of aryl methyl sites for hydroxylation is 3. The number of aromatic nitrogens is 2. The van der Waals surface area contributed by atoms with Crippen LogP contribution in [0.5, 0.6) is 0 Å². The first-order chi connectivity index (χ1) is 11.5. The van der Waals surface area contributed by atoms with Crippen LogP contribution in [0.15, 0.2) is 12.1 Å². The van der Waals surface area contributed by atoms with Crippen LogP contribution in [-0.2, 0) is 6.42 Å². The lowest BCUT2D eigenvalue weighted by Gasteiger charge is -2.08. The Bertz CT molecular complexity index is 791. The van der Waals surface area contributed by atoms with E-state index in [9.17, 15) is 10.1 Å². The SMILES string of the molecule is CNCCCc1[nH]nc(NC(=O)c2cc(C)c(C)cc2Cl)c1C#N. The molecule has 0 saturated heterocycles. The predicted molar refractivity (Wildman–Crippen MR) is 94.4 cm³/mol. The smallest absolute Gasteiger partial charge is 0.258 e. The largest absolute Gasteiger partial charge is 0.320 e. The normalized spacial score (nSPS) is 10.5. The Kier molecular flexibility index (Phi) is 5.96. The number of anilines is 1. The van der Waals surface area contributed by atoms with Crippen molar-refractivity contribution in [2.75, 3.05) is 18.9 Å². The summed E-state index contributed by atoms with van der Waals surface area (Å²) in [7, 11) is 1.87. The van der Waals surface area contributed by atoms with Crippen LogP contribution in [-0.4, -0.2) is 29.7 Å². The fraction of sp³-hybridized carbons (Fsp3) is 0.353. The molecule has 0 bridgehead atoms. The van der Waals surface area contributed by atoms with E-state index in [4.69, 9.17) is 11.6 Å². The molecule has 2 rings (SSSR count). The lowest BCUT2D eigenvalue weighted by molar-refractivity contribution is 0.102. The van der Waals surface area contributed by atoms with Crippen LogP contribution in [0.2, 0.25) is 5.02 Å². The lowest BCUT2D eigenvalue weighted by Crippen LogP contribution is -2.14. The van der Waals surface area contributed by atoms with E-state index in [-0.39, 0.29) is 11.7 Å². The number of rotatable bonds is 6. The Balaban J connectivity index is 2.21. The average Bonchev–Trinajstić information content (AvgIpc) is 2.92. The number of carbonyl (C=O) groups excluding carboxylic acids is 1. The number of amides is 1. The fourth-order valence-electron chi connectivity index (χ4n) is 2.34. The first-order valence-corrected chi connectivity index (χ1v) is 8.05. The van der Waals surface area contributed by atoms with Gasteiger partial charge in [-0.15, -0.1) is 0 Å². The average molecular weight is 346 g/mol. The second-order valence-electron chi connectivity index (χ2n) is 5.62. The molecule has 24 heavy (non-hydrogen) atoms. The van der Waals surface area contributed by atoms with Crippen molar-refractivity contribution < 1.29 is 4.79 Å². The maximum atomic E-state index is 12.5. The molecule has 0 spiro atoms. The molecule has 0 aliphatic heterocycles. The summed E-state index contributed by atoms with van der Waals surface area (Å²) in [6.45, 7) is 4.68. The number of nitrogens with zero attached hydrogens (tertiary/aromatic N) is 2. The first kappa shape index (κ1) is 18.0. The van der Waals surface area contributed by atoms with Crippen molar-refractivity contribution in [2.45, 2.75) is 26.7 Å². The Morgan fingerprint density at radius 1 is 1.38 bits per heavy atom. The number of carbonyl (C=O) groups is 1. The number of nitrogens with one attached hydrogen (secondary N) is 3. The quantitative estimate of drug-likeness (QED) is 0.701. The van der Waals surface area contributed by atoms with E-state index in [1.54, 1.807) is 12.1 Å². The van der Waals surface area contributed by atoms with Gasteiger partial charge in [-0.1, -0.05) is 11.6 Å². The predicted octanol–water partition coefficient (Wildman–Crippen LogP) is 2.96. The highest BCUT2D eigenvalue weighted by Gasteiger charge is 2.18. The molecule has 6 nitrogen and oxygen atoms in total. The summed E-state index contributed by atoms with van der Waals surface area (Å²) in [6.07, 6.45) is 1.54. The van der Waals surface area contributed by atoms with Crippen molar-refractivity contribution in [2.24, 2.45) is 0 Å². The number of H-pyrrole nitrogens is 1. The molecule has 7 heteroatoms. The Hall–Kier alpha value is -2.36. The van der Waals surface area contributed by atoms with E-state index >= 15 is 0 Å². The first-order valence-electron chi connectivity index (χ1n) is 7.68. The highest BCUT2D eigenvalue weighted by molar-refractivity contribution is 6.34. The maximum absolute atomic E-state index is 12.5. The van der Waals surface area contributed by atoms with Crippen molar-refractivity contribution >= 4 is 23.3 Å². The van der Waals surface area contributed by atoms with E-state index in [0.29, 0.717) is 28.3 Å². The van der Waals surface area contributed by atoms with Crippen molar-refractivity contribution in [3.63, 3.8) is 0 Å². The zero-order valence-electron chi connectivity index (χ0n) is 14.0.